The first-order valence-corrected chi connectivity index (χ1v) is 12.7. The third kappa shape index (κ3) is 4.75. The fourth-order valence-corrected chi connectivity index (χ4v) is 5.37. The number of anilines is 1. The second kappa shape index (κ2) is 9.28. The van der Waals surface area contributed by atoms with Crippen molar-refractivity contribution >= 4 is 29.5 Å². The molecule has 6 rings (SSSR count). The lowest BCUT2D eigenvalue weighted by atomic mass is 10.1. The van der Waals surface area contributed by atoms with E-state index in [9.17, 15) is 4.79 Å². The van der Waals surface area contributed by atoms with Crippen LogP contribution in [-0.4, -0.2) is 51.9 Å². The van der Waals surface area contributed by atoms with E-state index in [2.05, 4.69) is 47.7 Å². The molecule has 2 aromatic rings. The van der Waals surface area contributed by atoms with Crippen LogP contribution < -0.4 is 20.9 Å². The Bertz CT molecular complexity index is 1140. The van der Waals surface area contributed by atoms with Crippen molar-refractivity contribution in [3.05, 3.63) is 66.0 Å². The van der Waals surface area contributed by atoms with Gasteiger partial charge in [-0.3, -0.25) is 19.5 Å². The monoisotopic (exact) mass is 477 g/mol. The third-order valence-corrected chi connectivity index (χ3v) is 7.45. The predicted molar refractivity (Wildman–Crippen MR) is 132 cm³/mol. The van der Waals surface area contributed by atoms with Crippen molar-refractivity contribution in [2.75, 3.05) is 25.0 Å². The summed E-state index contributed by atoms with van der Waals surface area (Å²) in [4.78, 5) is 19.3. The number of aromatic nitrogens is 2. The number of benzene rings is 1. The Morgan fingerprint density at radius 3 is 2.88 bits per heavy atom. The van der Waals surface area contributed by atoms with Gasteiger partial charge in [0.05, 0.1) is 12.4 Å². The molecule has 34 heavy (non-hydrogen) atoms. The number of hydrogen-bond donors (Lipinski definition) is 5. The van der Waals surface area contributed by atoms with Crippen LogP contribution in [-0.2, 0) is 0 Å². The molecule has 0 radical (unpaired) electrons. The molecule has 0 spiro atoms. The van der Waals surface area contributed by atoms with Crippen molar-refractivity contribution in [3.63, 3.8) is 0 Å². The molecule has 4 heterocycles. The van der Waals surface area contributed by atoms with Crippen LogP contribution in [0.1, 0.15) is 47.7 Å². The van der Waals surface area contributed by atoms with Crippen molar-refractivity contribution in [3.8, 4) is 0 Å². The fourth-order valence-electron chi connectivity index (χ4n) is 4.49. The van der Waals surface area contributed by atoms with E-state index in [4.69, 9.17) is 0 Å². The topological polar surface area (TPSA) is 102 Å². The van der Waals surface area contributed by atoms with E-state index < -0.39 is 0 Å². The summed E-state index contributed by atoms with van der Waals surface area (Å²) in [6.07, 6.45) is 10.6. The maximum absolute atomic E-state index is 12.6. The lowest BCUT2D eigenvalue weighted by Crippen LogP contribution is -3.10. The van der Waals surface area contributed by atoms with Crippen molar-refractivity contribution in [1.29, 1.82) is 0 Å². The molecule has 4 aliphatic rings. The summed E-state index contributed by atoms with van der Waals surface area (Å²) in [5.74, 6) is 3.47. The number of carbonyl (C=O) groups is 1. The predicted octanol–water partition coefficient (Wildman–Crippen LogP) is 1.77. The summed E-state index contributed by atoms with van der Waals surface area (Å²) in [5.41, 5.74) is 1.89. The minimum Gasteiger partial charge on any atom is -0.348 e. The molecule has 1 amide bonds. The maximum atomic E-state index is 12.6. The van der Waals surface area contributed by atoms with Crippen LogP contribution in [0, 0.1) is 0 Å². The van der Waals surface area contributed by atoms with Crippen molar-refractivity contribution in [1.82, 2.24) is 25.1 Å². The van der Waals surface area contributed by atoms with E-state index in [0.29, 0.717) is 18.0 Å². The third-order valence-electron chi connectivity index (χ3n) is 6.50. The summed E-state index contributed by atoms with van der Waals surface area (Å²) in [7, 11) is 0. The summed E-state index contributed by atoms with van der Waals surface area (Å²) < 4.78 is 2.16. The zero-order valence-corrected chi connectivity index (χ0v) is 19.7. The van der Waals surface area contributed by atoms with Crippen molar-refractivity contribution in [2.45, 2.75) is 42.5 Å². The molecule has 176 valence electrons. The van der Waals surface area contributed by atoms with Crippen LogP contribution in [0.5, 0.6) is 0 Å². The first-order valence-electron chi connectivity index (χ1n) is 11.9. The smallest absolute Gasteiger partial charge is 0.251 e. The number of aromatic amines is 1. The number of quaternary nitrogens is 1. The average Bonchev–Trinajstić information content (AvgIpc) is 3.41. The van der Waals surface area contributed by atoms with Crippen LogP contribution in [0.2, 0.25) is 0 Å². The summed E-state index contributed by atoms with van der Waals surface area (Å²) in [6, 6.07) is 10.1. The van der Waals surface area contributed by atoms with Crippen LogP contribution in [0.15, 0.2) is 64.6 Å². The minimum absolute atomic E-state index is 0.00944. The van der Waals surface area contributed by atoms with Crippen molar-refractivity contribution in [2.24, 2.45) is 4.99 Å². The number of aliphatic imine (C=N–C) groups is 1. The van der Waals surface area contributed by atoms with E-state index in [-0.39, 0.29) is 11.9 Å². The standard InChI is InChI=1S/C24H28N8OS/c33-24(27-18-2-1-9-25-13-18)17-5-7-19(8-6-17)34-31-14-22-26-10-11-32(22)23(15-31)28-21-12-20(29-30-21)16-3-4-16/h5-8,10-12,15-16,18,25H,1-4,9,13-14H2,(H,27,33)(H2,28,29,30)/p+1. The lowest BCUT2D eigenvalue weighted by Gasteiger charge is -2.27. The van der Waals surface area contributed by atoms with Gasteiger partial charge in [0.2, 0.25) is 11.7 Å². The SMILES string of the molecule is O=C(NC1CCCNC1)c1ccc(SN2C=C(Nc3cc(C4CC4)[nH]n3)[NH+]3C=CN=C3C2)cc1. The Balaban J connectivity index is 1.12. The molecule has 10 heteroatoms. The number of nitrogens with zero attached hydrogens (tertiary/aromatic N) is 3. The highest BCUT2D eigenvalue weighted by atomic mass is 32.2. The van der Waals surface area contributed by atoms with Gasteiger partial charge in [0.1, 0.15) is 12.7 Å². The van der Waals surface area contributed by atoms with Gasteiger partial charge in [0, 0.05) is 40.7 Å². The molecule has 1 saturated heterocycles. The normalized spacial score (nSPS) is 23.8. The van der Waals surface area contributed by atoms with E-state index in [1.807, 2.05) is 36.7 Å². The van der Waals surface area contributed by atoms with Gasteiger partial charge >= 0.3 is 0 Å². The second-order valence-corrected chi connectivity index (χ2v) is 10.3. The summed E-state index contributed by atoms with van der Waals surface area (Å²) >= 11 is 1.63. The highest BCUT2D eigenvalue weighted by molar-refractivity contribution is 7.97. The average molecular weight is 478 g/mol. The van der Waals surface area contributed by atoms with Gasteiger partial charge in [-0.15, -0.1) is 0 Å². The van der Waals surface area contributed by atoms with Gasteiger partial charge in [0.15, 0.2) is 5.82 Å². The zero-order chi connectivity index (χ0) is 22.9. The molecule has 9 nitrogen and oxygen atoms in total. The van der Waals surface area contributed by atoms with Crippen LogP contribution in [0.3, 0.4) is 0 Å². The van der Waals surface area contributed by atoms with Crippen LogP contribution in [0.25, 0.3) is 0 Å². The molecule has 1 aromatic heterocycles. The van der Waals surface area contributed by atoms with Gasteiger partial charge in [-0.1, -0.05) is 0 Å². The number of hydrogen-bond acceptors (Lipinski definition) is 7. The van der Waals surface area contributed by atoms with Gasteiger partial charge in [0.25, 0.3) is 5.91 Å². The largest absolute Gasteiger partial charge is 0.348 e. The Morgan fingerprint density at radius 2 is 2.09 bits per heavy atom. The molecule has 2 unspecified atom stereocenters. The molecule has 5 N–H and O–H groups in total. The highest BCUT2D eigenvalue weighted by Gasteiger charge is 2.32. The minimum atomic E-state index is -0.00944. The molecule has 0 bridgehead atoms. The number of fused-ring (bicyclic) bond motifs is 1. The van der Waals surface area contributed by atoms with Crippen LogP contribution >= 0.6 is 11.9 Å². The zero-order valence-electron chi connectivity index (χ0n) is 18.9. The fraction of sp³-hybridized carbons (Fsp3) is 0.375. The number of rotatable bonds is 7. The second-order valence-electron chi connectivity index (χ2n) is 9.16. The number of carbonyl (C=O) groups excluding carboxylic acids is 1. The van der Waals surface area contributed by atoms with Gasteiger partial charge in [-0.2, -0.15) is 5.10 Å². The molecular formula is C24H29N8OS+. The molecule has 1 aliphatic carbocycles. The number of amidine groups is 1. The van der Waals surface area contributed by atoms with Crippen molar-refractivity contribution < 1.29 is 9.69 Å². The van der Waals surface area contributed by atoms with Gasteiger partial charge in [-0.25, -0.2) is 9.89 Å². The molecule has 2 fully saturated rings. The highest BCUT2D eigenvalue weighted by Crippen LogP contribution is 2.39. The number of H-pyrrole nitrogens is 1. The number of nitrogens with one attached hydrogen (secondary N) is 5. The van der Waals surface area contributed by atoms with Crippen LogP contribution in [0.4, 0.5) is 5.82 Å². The summed E-state index contributed by atoms with van der Waals surface area (Å²) in [5, 5.41) is 17.5. The first-order chi connectivity index (χ1) is 16.7. The molecule has 1 saturated carbocycles. The van der Waals surface area contributed by atoms with Gasteiger partial charge < -0.3 is 10.6 Å². The Labute approximate surface area is 202 Å². The van der Waals surface area contributed by atoms with E-state index >= 15 is 0 Å². The number of amides is 1. The van der Waals surface area contributed by atoms with E-state index in [1.165, 1.54) is 18.5 Å². The Morgan fingerprint density at radius 1 is 1.21 bits per heavy atom. The maximum Gasteiger partial charge on any atom is 0.251 e. The summed E-state index contributed by atoms with van der Waals surface area (Å²) in [6.45, 7) is 2.59. The van der Waals surface area contributed by atoms with E-state index in [1.54, 1.807) is 11.9 Å². The molecule has 3 aliphatic heterocycles. The lowest BCUT2D eigenvalue weighted by molar-refractivity contribution is -0.699. The number of piperidine rings is 1. The quantitative estimate of drug-likeness (QED) is 0.390. The molecule has 2 atom stereocenters. The Kier molecular flexibility index (Phi) is 5.86. The van der Waals surface area contributed by atoms with E-state index in [0.717, 1.165) is 53.2 Å². The Hall–Kier alpha value is -3.08. The first kappa shape index (κ1) is 21.5. The molecule has 1 aromatic carbocycles. The van der Waals surface area contributed by atoms with Gasteiger partial charge in [-0.05, 0) is 68.4 Å². The molecular weight excluding hydrogens is 448 g/mol.